The molecule has 1 atom stereocenters. The number of nitrogens with zero attached hydrogens (tertiary/aromatic N) is 1. The molecule has 18 heavy (non-hydrogen) atoms. The summed E-state index contributed by atoms with van der Waals surface area (Å²) in [4.78, 5) is 1.99. The normalized spacial score (nSPS) is 19.6. The zero-order chi connectivity index (χ0) is 13.0. The van der Waals surface area contributed by atoms with Crippen molar-refractivity contribution < 1.29 is 13.9 Å². The predicted molar refractivity (Wildman–Crippen MR) is 68.8 cm³/mol. The Balaban J connectivity index is 1.99. The zero-order valence-electron chi connectivity index (χ0n) is 10.8. The molecule has 1 aromatic rings. The average Bonchev–Trinajstić information content (AvgIpc) is 2.39. The summed E-state index contributed by atoms with van der Waals surface area (Å²) in [7, 11) is 3.39. The van der Waals surface area contributed by atoms with E-state index >= 15 is 0 Å². The quantitative estimate of drug-likeness (QED) is 0.877. The van der Waals surface area contributed by atoms with Gasteiger partial charge < -0.3 is 19.7 Å². The number of nitrogens with one attached hydrogen (secondary N) is 1. The Hall–Kier alpha value is -1.33. The molecule has 2 rings (SSSR count). The fraction of sp³-hybridized carbons (Fsp3) is 0.538. The third kappa shape index (κ3) is 3.11. The topological polar surface area (TPSA) is 33.7 Å². The molecule has 0 aliphatic carbocycles. The van der Waals surface area contributed by atoms with Crippen LogP contribution in [0.3, 0.4) is 0 Å². The predicted octanol–water partition coefficient (Wildman–Crippen LogP) is 1.26. The Morgan fingerprint density at radius 3 is 3.00 bits per heavy atom. The van der Waals surface area contributed by atoms with Gasteiger partial charge in [-0.15, -0.1) is 0 Å². The van der Waals surface area contributed by atoms with Gasteiger partial charge >= 0.3 is 0 Å². The molecule has 1 fully saturated rings. The molecule has 0 aromatic heterocycles. The van der Waals surface area contributed by atoms with E-state index in [-0.39, 0.29) is 17.7 Å². The van der Waals surface area contributed by atoms with E-state index in [2.05, 4.69) is 5.32 Å². The lowest BCUT2D eigenvalue weighted by molar-refractivity contribution is 0.0340. The van der Waals surface area contributed by atoms with Gasteiger partial charge in [0.25, 0.3) is 0 Å². The highest BCUT2D eigenvalue weighted by atomic mass is 19.1. The molecule has 1 aromatic carbocycles. The van der Waals surface area contributed by atoms with Crippen molar-refractivity contribution in [2.75, 3.05) is 45.3 Å². The summed E-state index contributed by atoms with van der Waals surface area (Å²) in [5.74, 6) is -0.0766. The van der Waals surface area contributed by atoms with Crippen molar-refractivity contribution in [2.24, 2.45) is 0 Å². The molecule has 0 spiro atoms. The van der Waals surface area contributed by atoms with Gasteiger partial charge in [-0.3, -0.25) is 0 Å². The minimum absolute atomic E-state index is 0.147. The molecule has 4 nitrogen and oxygen atoms in total. The van der Waals surface area contributed by atoms with Crippen molar-refractivity contribution in [3.63, 3.8) is 0 Å². The molecule has 0 amide bonds. The van der Waals surface area contributed by atoms with Crippen LogP contribution in [0.25, 0.3) is 0 Å². The van der Waals surface area contributed by atoms with Gasteiger partial charge in [-0.25, -0.2) is 4.39 Å². The number of hydrogen-bond acceptors (Lipinski definition) is 4. The van der Waals surface area contributed by atoms with Crippen molar-refractivity contribution >= 4 is 5.69 Å². The molecule has 0 bridgehead atoms. The SMILES string of the molecule is COc1ccc(N(C)CC2CNCCO2)cc1F. The minimum Gasteiger partial charge on any atom is -0.494 e. The van der Waals surface area contributed by atoms with E-state index in [4.69, 9.17) is 9.47 Å². The van der Waals surface area contributed by atoms with Crippen LogP contribution in [0.2, 0.25) is 0 Å². The van der Waals surface area contributed by atoms with Crippen LogP contribution < -0.4 is 15.0 Å². The van der Waals surface area contributed by atoms with E-state index in [9.17, 15) is 4.39 Å². The van der Waals surface area contributed by atoms with Crippen molar-refractivity contribution in [1.29, 1.82) is 0 Å². The third-order valence-corrected chi connectivity index (χ3v) is 3.06. The van der Waals surface area contributed by atoms with E-state index < -0.39 is 0 Å². The molecule has 1 N–H and O–H groups in total. The molecule has 5 heteroatoms. The van der Waals surface area contributed by atoms with E-state index in [0.29, 0.717) is 0 Å². The van der Waals surface area contributed by atoms with Gasteiger partial charge in [-0.05, 0) is 12.1 Å². The van der Waals surface area contributed by atoms with Gasteiger partial charge in [-0.2, -0.15) is 0 Å². The largest absolute Gasteiger partial charge is 0.494 e. The molecule has 1 heterocycles. The van der Waals surface area contributed by atoms with Crippen molar-refractivity contribution in [2.45, 2.75) is 6.10 Å². The second-order valence-electron chi connectivity index (χ2n) is 4.40. The fourth-order valence-electron chi connectivity index (χ4n) is 2.04. The van der Waals surface area contributed by atoms with Crippen LogP contribution in [-0.4, -0.2) is 46.5 Å². The van der Waals surface area contributed by atoms with Crippen LogP contribution >= 0.6 is 0 Å². The van der Waals surface area contributed by atoms with Gasteiger partial charge in [0.1, 0.15) is 0 Å². The number of morpholine rings is 1. The number of hydrogen-bond donors (Lipinski definition) is 1. The number of rotatable bonds is 4. The van der Waals surface area contributed by atoms with Gasteiger partial charge in [0, 0.05) is 38.4 Å². The third-order valence-electron chi connectivity index (χ3n) is 3.06. The highest BCUT2D eigenvalue weighted by Crippen LogP contribution is 2.23. The van der Waals surface area contributed by atoms with Crippen LogP contribution in [0.15, 0.2) is 18.2 Å². The molecule has 1 aliphatic heterocycles. The smallest absolute Gasteiger partial charge is 0.167 e. The highest BCUT2D eigenvalue weighted by molar-refractivity contribution is 5.49. The van der Waals surface area contributed by atoms with E-state index in [1.807, 2.05) is 18.0 Å². The number of ether oxygens (including phenoxy) is 2. The van der Waals surface area contributed by atoms with Gasteiger partial charge in [0.05, 0.1) is 19.8 Å². The maximum Gasteiger partial charge on any atom is 0.167 e. The number of anilines is 1. The maximum absolute atomic E-state index is 13.6. The molecule has 100 valence electrons. The Labute approximate surface area is 107 Å². The Morgan fingerprint density at radius 1 is 1.56 bits per heavy atom. The first kappa shape index (κ1) is 13.1. The van der Waals surface area contributed by atoms with Gasteiger partial charge in [0.15, 0.2) is 11.6 Å². The molecular formula is C13H19FN2O2. The van der Waals surface area contributed by atoms with Crippen LogP contribution in [0.5, 0.6) is 5.75 Å². The van der Waals surface area contributed by atoms with Crippen LogP contribution in [0, 0.1) is 5.82 Å². The number of methoxy groups -OCH3 is 1. The monoisotopic (exact) mass is 254 g/mol. The maximum atomic E-state index is 13.6. The Kier molecular flexibility index (Phi) is 4.38. The first-order valence-electron chi connectivity index (χ1n) is 6.07. The van der Waals surface area contributed by atoms with Crippen molar-refractivity contribution in [3.8, 4) is 5.75 Å². The van der Waals surface area contributed by atoms with E-state index in [1.165, 1.54) is 13.2 Å². The van der Waals surface area contributed by atoms with Crippen molar-refractivity contribution in [1.82, 2.24) is 5.32 Å². The lowest BCUT2D eigenvalue weighted by Gasteiger charge is -2.29. The van der Waals surface area contributed by atoms with E-state index in [1.54, 1.807) is 6.07 Å². The number of likely N-dealkylation sites (N-methyl/N-ethyl adjacent to an activating group) is 1. The molecule has 1 unspecified atom stereocenters. The van der Waals surface area contributed by atoms with Crippen LogP contribution in [0.4, 0.5) is 10.1 Å². The number of benzene rings is 1. The summed E-state index contributed by atoms with van der Waals surface area (Å²) >= 11 is 0. The van der Waals surface area contributed by atoms with Gasteiger partial charge in [-0.1, -0.05) is 0 Å². The second kappa shape index (κ2) is 6.02. The fourth-order valence-corrected chi connectivity index (χ4v) is 2.04. The summed E-state index contributed by atoms with van der Waals surface area (Å²) in [5, 5.41) is 3.28. The highest BCUT2D eigenvalue weighted by Gasteiger charge is 2.16. The summed E-state index contributed by atoms with van der Waals surface area (Å²) in [6.07, 6.45) is 0.147. The first-order chi connectivity index (χ1) is 8.70. The van der Waals surface area contributed by atoms with Crippen LogP contribution in [0.1, 0.15) is 0 Å². The summed E-state index contributed by atoms with van der Waals surface area (Å²) < 4.78 is 24.1. The van der Waals surface area contributed by atoms with E-state index in [0.717, 1.165) is 31.9 Å². The zero-order valence-corrected chi connectivity index (χ0v) is 10.8. The lowest BCUT2D eigenvalue weighted by atomic mass is 10.2. The summed E-state index contributed by atoms with van der Waals surface area (Å²) in [6.45, 7) is 3.20. The molecule has 1 aliphatic rings. The first-order valence-corrected chi connectivity index (χ1v) is 6.07. The molecule has 0 radical (unpaired) electrons. The average molecular weight is 254 g/mol. The standard InChI is InChI=1S/C13H19FN2O2/c1-16(9-11-8-15-5-6-18-11)10-3-4-13(17-2)12(14)7-10/h3-4,7,11,15H,5-6,8-9H2,1-2H3. The van der Waals surface area contributed by atoms with Gasteiger partial charge in [0.2, 0.25) is 0 Å². The Morgan fingerprint density at radius 2 is 2.39 bits per heavy atom. The molecule has 1 saturated heterocycles. The van der Waals surface area contributed by atoms with Crippen molar-refractivity contribution in [3.05, 3.63) is 24.0 Å². The summed E-state index contributed by atoms with van der Waals surface area (Å²) in [6, 6.07) is 4.97. The molecule has 0 saturated carbocycles. The van der Waals surface area contributed by atoms with Crippen LogP contribution in [-0.2, 0) is 4.74 Å². The second-order valence-corrected chi connectivity index (χ2v) is 4.40. The number of halogens is 1. The Bertz CT molecular complexity index is 395. The lowest BCUT2D eigenvalue weighted by Crippen LogP contribution is -2.44. The summed E-state index contributed by atoms with van der Waals surface area (Å²) in [5.41, 5.74) is 0.822. The molecular weight excluding hydrogens is 235 g/mol. The minimum atomic E-state index is -0.343.